The van der Waals surface area contributed by atoms with E-state index in [9.17, 15) is 19.5 Å². The Balaban J connectivity index is 0.00000289. The van der Waals surface area contributed by atoms with Crippen LogP contribution in [0.3, 0.4) is 0 Å². The molecule has 1 saturated carbocycles. The number of carbonyl (C=O) groups is 2. The Bertz CT molecular complexity index is 1350. The molecule has 0 bridgehead atoms. The number of aliphatic hydroxyl groups excluding tert-OH is 1. The zero-order valence-corrected chi connectivity index (χ0v) is 20.7. The van der Waals surface area contributed by atoms with Gasteiger partial charge in [0.05, 0.1) is 12.3 Å². The van der Waals surface area contributed by atoms with Gasteiger partial charge in [0, 0.05) is 6.92 Å². The van der Waals surface area contributed by atoms with Gasteiger partial charge in [-0.25, -0.2) is 0 Å². The fourth-order valence-corrected chi connectivity index (χ4v) is 5.75. The van der Waals surface area contributed by atoms with Crippen LogP contribution in [0.4, 0.5) is 5.69 Å². The summed E-state index contributed by atoms with van der Waals surface area (Å²) >= 11 is 1.65. The first kappa shape index (κ1) is 25.5. The van der Waals surface area contributed by atoms with Crippen molar-refractivity contribution in [3.8, 4) is 0 Å². The van der Waals surface area contributed by atoms with Gasteiger partial charge in [-0.3, -0.25) is 9.59 Å². The van der Waals surface area contributed by atoms with Crippen molar-refractivity contribution in [3.05, 3.63) is 76.1 Å². The van der Waals surface area contributed by atoms with Gasteiger partial charge in [-0.1, -0.05) is 48.0 Å². The number of nitrogens with one attached hydrogen (secondary N) is 2. The van der Waals surface area contributed by atoms with E-state index in [4.69, 9.17) is 0 Å². The number of rotatable bonds is 7. The van der Waals surface area contributed by atoms with Crippen LogP contribution in [-0.2, 0) is 16.0 Å². The maximum absolute atomic E-state index is 13.6. The van der Waals surface area contributed by atoms with Crippen LogP contribution in [0.25, 0.3) is 10.8 Å². The number of benzene rings is 2. The minimum atomic E-state index is -1.14. The van der Waals surface area contributed by atoms with Gasteiger partial charge in [0.15, 0.2) is 5.56 Å². The summed E-state index contributed by atoms with van der Waals surface area (Å²) in [4.78, 5) is 38.0. The molecule has 1 atom stereocenters. The molecule has 2 aliphatic rings. The maximum Gasteiger partial charge on any atom is 1.00 e. The third kappa shape index (κ3) is 5.03. The van der Waals surface area contributed by atoms with Crippen LogP contribution < -0.4 is 35.1 Å². The summed E-state index contributed by atoms with van der Waals surface area (Å²) < 4.78 is 1.65. The van der Waals surface area contributed by atoms with E-state index in [1.54, 1.807) is 16.3 Å². The average molecular weight is 484 g/mol. The van der Waals surface area contributed by atoms with Crippen molar-refractivity contribution in [3.63, 3.8) is 0 Å². The summed E-state index contributed by atoms with van der Waals surface area (Å²) in [7, 11) is 0. The number of hydrogen-bond donors (Lipinski definition) is 3. The molecule has 1 aliphatic carbocycles. The van der Waals surface area contributed by atoms with Gasteiger partial charge in [-0.2, -0.15) is 11.8 Å². The van der Waals surface area contributed by atoms with Crippen molar-refractivity contribution < 1.29 is 33.6 Å². The Hall–Kier alpha value is -2.63. The van der Waals surface area contributed by atoms with Crippen molar-refractivity contribution >= 4 is 40.0 Å². The minimum absolute atomic E-state index is 0. The molecule has 7 nitrogen and oxygen atoms in total. The third-order valence-electron chi connectivity index (χ3n) is 6.34. The van der Waals surface area contributed by atoms with E-state index in [0.29, 0.717) is 18.1 Å². The summed E-state index contributed by atoms with van der Waals surface area (Å²) in [6.45, 7) is 2.57. The number of fused-ring (bicyclic) bond motifs is 2. The van der Waals surface area contributed by atoms with Crippen LogP contribution in [0.5, 0.6) is 0 Å². The largest absolute Gasteiger partial charge is 1.00 e. The second-order valence-electron chi connectivity index (χ2n) is 8.76. The van der Waals surface area contributed by atoms with Gasteiger partial charge < -0.3 is 25.1 Å². The zero-order valence-electron chi connectivity index (χ0n) is 19.8. The topological polar surface area (TPSA) is 100 Å². The first-order valence-electron chi connectivity index (χ1n) is 11.4. The number of carbonyl (C=O) groups excluding carboxylic acids is 2. The molecule has 2 amide bonds. The Kier molecular flexibility index (Phi) is 7.67. The smallest absolute Gasteiger partial charge is 0.439 e. The van der Waals surface area contributed by atoms with Crippen LogP contribution >= 0.6 is 11.8 Å². The Morgan fingerprint density at radius 1 is 1.20 bits per heavy atom. The van der Waals surface area contributed by atoms with Crippen molar-refractivity contribution in [2.24, 2.45) is 0 Å². The molecule has 1 fully saturated rings. The zero-order chi connectivity index (χ0) is 23.8. The third-order valence-corrected chi connectivity index (χ3v) is 7.35. The number of amides is 2. The number of thioether (sulfide) groups is 1. The quantitative estimate of drug-likeness (QED) is 0.325. The van der Waals surface area contributed by atoms with E-state index < -0.39 is 24.5 Å². The molecule has 35 heavy (non-hydrogen) atoms. The SMILES string of the molecule is CC(=O)N[C@H](CO)C(=O)Nc1c(Cc2cccc3ccccc23)c(C2CC2)c2n(c1=O)[CH-]CS2.[Li+]. The molecule has 1 aliphatic heterocycles. The van der Waals surface area contributed by atoms with Crippen LogP contribution in [0.15, 0.2) is 52.3 Å². The number of pyridine rings is 1. The summed E-state index contributed by atoms with van der Waals surface area (Å²) in [5, 5.41) is 18.1. The van der Waals surface area contributed by atoms with Crippen LogP contribution in [0, 0.1) is 6.54 Å². The second-order valence-corrected chi connectivity index (χ2v) is 9.76. The molecule has 0 unspecified atom stereocenters. The van der Waals surface area contributed by atoms with Crippen LogP contribution in [0.2, 0.25) is 0 Å². The normalized spacial score (nSPS) is 15.0. The first-order chi connectivity index (χ1) is 16.5. The molecule has 2 heterocycles. The molecule has 176 valence electrons. The molecule has 0 spiro atoms. The van der Waals surface area contributed by atoms with Gasteiger partial charge in [-0.05, 0) is 57.9 Å². The van der Waals surface area contributed by atoms with Crippen molar-refractivity contribution in [2.75, 3.05) is 17.7 Å². The number of aliphatic hydroxyl groups is 1. The van der Waals surface area contributed by atoms with Crippen molar-refractivity contribution in [2.45, 2.75) is 43.2 Å². The molecular formula is C26H26LiN3O4S. The van der Waals surface area contributed by atoms with Gasteiger partial charge in [0.1, 0.15) is 6.04 Å². The molecule has 0 saturated heterocycles. The standard InChI is InChI=1S/C26H26N3O4S.Li/c1-15(31)27-21(14-30)24(32)28-23-20(13-18-7-4-6-16-5-2-3-8-19(16)18)22(17-9-10-17)26-29(25(23)33)11-12-34-26;/h2-8,11,17,21,30H,9-10,12-14H2,1H3,(H,27,31)(H,28,32);/q-1;+1/t21-;/m1./s1. The molecule has 1 aromatic heterocycles. The molecule has 0 radical (unpaired) electrons. The molecule has 5 rings (SSSR count). The molecule has 3 N–H and O–H groups in total. The molecule has 9 heteroatoms. The summed E-state index contributed by atoms with van der Waals surface area (Å²) in [6, 6.07) is 13.1. The van der Waals surface area contributed by atoms with Gasteiger partial charge in [0.25, 0.3) is 0 Å². The average Bonchev–Trinajstić information content (AvgIpc) is 3.55. The first-order valence-corrected chi connectivity index (χ1v) is 12.4. The fraction of sp³-hybridized carbons (Fsp3) is 0.308. The van der Waals surface area contributed by atoms with Gasteiger partial charge >= 0.3 is 18.9 Å². The number of hydrogen-bond acceptors (Lipinski definition) is 5. The number of aromatic nitrogens is 1. The van der Waals surface area contributed by atoms with Gasteiger partial charge in [-0.15, -0.1) is 6.54 Å². The summed E-state index contributed by atoms with van der Waals surface area (Å²) in [6.07, 6.45) is 2.59. The number of anilines is 1. The second kappa shape index (κ2) is 10.5. The summed E-state index contributed by atoms with van der Waals surface area (Å²) in [5.41, 5.74) is 2.97. The van der Waals surface area contributed by atoms with Crippen LogP contribution in [-0.4, -0.2) is 39.9 Å². The Morgan fingerprint density at radius 3 is 2.66 bits per heavy atom. The Morgan fingerprint density at radius 2 is 1.94 bits per heavy atom. The maximum atomic E-state index is 13.6. The predicted molar refractivity (Wildman–Crippen MR) is 133 cm³/mol. The van der Waals surface area contributed by atoms with E-state index in [2.05, 4.69) is 34.9 Å². The van der Waals surface area contributed by atoms with Crippen LogP contribution in [0.1, 0.15) is 42.4 Å². The van der Waals surface area contributed by atoms with E-state index in [1.807, 2.05) is 24.7 Å². The Labute approximate surface area is 219 Å². The fourth-order valence-electron chi connectivity index (χ4n) is 4.63. The van der Waals surface area contributed by atoms with E-state index in [-0.39, 0.29) is 30.1 Å². The molecule has 3 aromatic rings. The van der Waals surface area contributed by atoms with E-state index in [0.717, 1.165) is 45.3 Å². The summed E-state index contributed by atoms with van der Waals surface area (Å²) in [5.74, 6) is 0.0113. The van der Waals surface area contributed by atoms with Crippen molar-refractivity contribution in [1.82, 2.24) is 9.88 Å². The van der Waals surface area contributed by atoms with E-state index in [1.165, 1.54) is 6.92 Å². The van der Waals surface area contributed by atoms with Crippen molar-refractivity contribution in [1.29, 1.82) is 0 Å². The van der Waals surface area contributed by atoms with Gasteiger partial charge in [0.2, 0.25) is 11.8 Å². The monoisotopic (exact) mass is 483 g/mol. The molecular weight excluding hydrogens is 457 g/mol. The predicted octanol–water partition coefficient (Wildman–Crippen LogP) is 0.0248. The van der Waals surface area contributed by atoms with E-state index >= 15 is 0 Å². The minimum Gasteiger partial charge on any atom is -0.439 e. The number of nitrogens with zero attached hydrogens (tertiary/aromatic N) is 1. The molecule has 2 aromatic carbocycles.